The first-order chi connectivity index (χ1) is 10.9. The van der Waals surface area contributed by atoms with Crippen LogP contribution in [-0.4, -0.2) is 47.9 Å². The summed E-state index contributed by atoms with van der Waals surface area (Å²) in [4.78, 5) is 37.8. The number of nitrogens with zero attached hydrogens (tertiary/aromatic N) is 1. The molecule has 1 spiro atoms. The molecule has 1 atom stereocenters. The average Bonchev–Trinajstić information content (AvgIpc) is 2.77. The van der Waals surface area contributed by atoms with E-state index in [4.69, 9.17) is 5.73 Å². The number of nitrogens with two attached hydrogens (primary N) is 1. The van der Waals surface area contributed by atoms with E-state index >= 15 is 0 Å². The predicted octanol–water partition coefficient (Wildman–Crippen LogP) is 1.01. The summed E-state index contributed by atoms with van der Waals surface area (Å²) in [6.07, 6.45) is 4.31. The van der Waals surface area contributed by atoms with Crippen molar-refractivity contribution in [1.82, 2.24) is 15.5 Å². The van der Waals surface area contributed by atoms with Crippen molar-refractivity contribution in [3.05, 3.63) is 0 Å². The molecule has 1 aliphatic heterocycles. The van der Waals surface area contributed by atoms with Crippen molar-refractivity contribution in [3.8, 4) is 0 Å². The summed E-state index contributed by atoms with van der Waals surface area (Å²) in [7, 11) is 0. The fraction of sp³-hybridized carbons (Fsp3) is 0.812. The second-order valence-corrected chi connectivity index (χ2v) is 6.90. The minimum absolute atomic E-state index is 0. The van der Waals surface area contributed by atoms with Gasteiger partial charge in [0.05, 0.1) is 0 Å². The van der Waals surface area contributed by atoms with Crippen molar-refractivity contribution in [1.29, 1.82) is 0 Å². The second kappa shape index (κ2) is 8.67. The smallest absolute Gasteiger partial charge is 0.325 e. The van der Waals surface area contributed by atoms with Gasteiger partial charge in [0, 0.05) is 6.54 Å². The zero-order chi connectivity index (χ0) is 17.0. The summed E-state index contributed by atoms with van der Waals surface area (Å²) in [6, 6.07) is -0.452. The van der Waals surface area contributed by atoms with Gasteiger partial charge in [0.25, 0.3) is 5.91 Å². The highest BCUT2D eigenvalue weighted by Gasteiger charge is 2.52. The fourth-order valence-electron chi connectivity index (χ4n) is 3.31. The van der Waals surface area contributed by atoms with E-state index in [1.54, 1.807) is 0 Å². The first kappa shape index (κ1) is 20.7. The third-order valence-electron chi connectivity index (χ3n) is 5.13. The number of amides is 4. The van der Waals surface area contributed by atoms with Crippen LogP contribution in [0.5, 0.6) is 0 Å². The highest BCUT2D eigenvalue weighted by molar-refractivity contribution is 6.09. The molecule has 8 heteroatoms. The molecule has 24 heavy (non-hydrogen) atoms. The van der Waals surface area contributed by atoms with Crippen LogP contribution in [0.1, 0.15) is 46.0 Å². The number of halogens is 1. The van der Waals surface area contributed by atoms with E-state index in [1.807, 2.05) is 6.92 Å². The predicted molar refractivity (Wildman–Crippen MR) is 93.7 cm³/mol. The van der Waals surface area contributed by atoms with Gasteiger partial charge in [-0.15, -0.1) is 12.4 Å². The maximum atomic E-state index is 12.7. The number of rotatable bonds is 6. The Balaban J connectivity index is 0.00000288. The molecular weight excluding hydrogens is 332 g/mol. The summed E-state index contributed by atoms with van der Waals surface area (Å²) in [5.74, 6) is 0.213. The van der Waals surface area contributed by atoms with Crippen molar-refractivity contribution >= 4 is 30.3 Å². The maximum Gasteiger partial charge on any atom is 0.325 e. The van der Waals surface area contributed by atoms with Gasteiger partial charge in [-0.3, -0.25) is 14.5 Å². The third kappa shape index (κ3) is 4.39. The minimum atomic E-state index is -0.784. The van der Waals surface area contributed by atoms with Gasteiger partial charge in [-0.05, 0) is 44.1 Å². The average molecular weight is 361 g/mol. The highest BCUT2D eigenvalue weighted by Crippen LogP contribution is 2.37. The number of imide groups is 1. The fourth-order valence-corrected chi connectivity index (χ4v) is 3.31. The Bertz CT molecular complexity index is 478. The van der Waals surface area contributed by atoms with E-state index in [9.17, 15) is 14.4 Å². The number of carbonyl (C=O) groups is 3. The Hall–Kier alpha value is -1.34. The summed E-state index contributed by atoms with van der Waals surface area (Å²) in [5, 5.41) is 5.55. The zero-order valence-electron chi connectivity index (χ0n) is 14.5. The maximum absolute atomic E-state index is 12.7. The lowest BCUT2D eigenvalue weighted by Gasteiger charge is -2.34. The van der Waals surface area contributed by atoms with E-state index < -0.39 is 11.6 Å². The Labute approximate surface area is 149 Å². The van der Waals surface area contributed by atoms with Gasteiger partial charge < -0.3 is 16.4 Å². The molecule has 0 aromatic carbocycles. The summed E-state index contributed by atoms with van der Waals surface area (Å²) >= 11 is 0. The molecule has 4 amide bonds. The quantitative estimate of drug-likeness (QED) is 0.615. The third-order valence-corrected chi connectivity index (χ3v) is 5.13. The Morgan fingerprint density at radius 2 is 2.04 bits per heavy atom. The van der Waals surface area contributed by atoms with E-state index in [-0.39, 0.29) is 36.7 Å². The van der Waals surface area contributed by atoms with Crippen LogP contribution < -0.4 is 16.4 Å². The number of urea groups is 1. The molecule has 0 radical (unpaired) electrons. The van der Waals surface area contributed by atoms with Gasteiger partial charge in [-0.2, -0.15) is 0 Å². The Morgan fingerprint density at radius 1 is 1.42 bits per heavy atom. The molecule has 0 aromatic heterocycles. The molecule has 1 aliphatic carbocycles. The number of hydrogen-bond donors (Lipinski definition) is 3. The highest BCUT2D eigenvalue weighted by atomic mass is 35.5. The van der Waals surface area contributed by atoms with Crippen LogP contribution in [-0.2, 0) is 9.59 Å². The summed E-state index contributed by atoms with van der Waals surface area (Å²) in [6.45, 7) is 4.78. The number of nitrogens with one attached hydrogen (secondary N) is 2. The monoisotopic (exact) mass is 360 g/mol. The normalized spacial score (nSPS) is 27.6. The standard InChI is InChI=1S/C16H28N4O3.ClH/c1-3-12-4-6-16(7-5-12)14(22)20(15(23)19-16)10-13(21)18-9-11(2)8-17;/h11-12H,3-10,17H2,1-2H3,(H,18,21)(H,19,23);1H. The molecule has 1 heterocycles. The molecule has 0 aromatic rings. The van der Waals surface area contributed by atoms with Crippen LogP contribution in [0.3, 0.4) is 0 Å². The van der Waals surface area contributed by atoms with Crippen molar-refractivity contribution in [2.45, 2.75) is 51.5 Å². The van der Waals surface area contributed by atoms with Gasteiger partial charge in [-0.25, -0.2) is 4.79 Å². The van der Waals surface area contributed by atoms with Crippen LogP contribution in [0.25, 0.3) is 0 Å². The minimum Gasteiger partial charge on any atom is -0.354 e. The van der Waals surface area contributed by atoms with Gasteiger partial charge in [0.2, 0.25) is 5.91 Å². The second-order valence-electron chi connectivity index (χ2n) is 6.90. The van der Waals surface area contributed by atoms with Gasteiger partial charge in [0.1, 0.15) is 12.1 Å². The molecular formula is C16H29ClN4O3. The molecule has 1 saturated heterocycles. The molecule has 2 rings (SSSR count). The molecule has 7 nitrogen and oxygen atoms in total. The first-order valence-electron chi connectivity index (χ1n) is 8.52. The molecule has 2 aliphatic rings. The molecule has 138 valence electrons. The van der Waals surface area contributed by atoms with Gasteiger partial charge in [-0.1, -0.05) is 20.3 Å². The van der Waals surface area contributed by atoms with E-state index in [2.05, 4.69) is 17.6 Å². The lowest BCUT2D eigenvalue weighted by molar-refractivity contribution is -0.136. The molecule has 1 unspecified atom stereocenters. The molecule has 0 bridgehead atoms. The Morgan fingerprint density at radius 3 is 2.58 bits per heavy atom. The van der Waals surface area contributed by atoms with Crippen LogP contribution in [0.4, 0.5) is 4.79 Å². The van der Waals surface area contributed by atoms with Gasteiger partial charge >= 0.3 is 6.03 Å². The number of hydrogen-bond acceptors (Lipinski definition) is 4. The van der Waals surface area contributed by atoms with Crippen LogP contribution in [0.2, 0.25) is 0 Å². The zero-order valence-corrected chi connectivity index (χ0v) is 15.3. The van der Waals surface area contributed by atoms with E-state index in [0.717, 1.165) is 24.2 Å². The van der Waals surface area contributed by atoms with Crippen LogP contribution in [0, 0.1) is 11.8 Å². The van der Waals surface area contributed by atoms with E-state index in [1.165, 1.54) is 0 Å². The van der Waals surface area contributed by atoms with Crippen molar-refractivity contribution in [2.24, 2.45) is 17.6 Å². The first-order valence-corrected chi connectivity index (χ1v) is 8.52. The van der Waals surface area contributed by atoms with Crippen LogP contribution in [0.15, 0.2) is 0 Å². The molecule has 1 saturated carbocycles. The van der Waals surface area contributed by atoms with Crippen molar-refractivity contribution in [3.63, 3.8) is 0 Å². The summed E-state index contributed by atoms with van der Waals surface area (Å²) in [5.41, 5.74) is 4.72. The van der Waals surface area contributed by atoms with Crippen LogP contribution >= 0.6 is 12.4 Å². The van der Waals surface area contributed by atoms with Crippen molar-refractivity contribution < 1.29 is 14.4 Å². The number of carbonyl (C=O) groups excluding carboxylic acids is 3. The largest absolute Gasteiger partial charge is 0.354 e. The van der Waals surface area contributed by atoms with Crippen molar-refractivity contribution in [2.75, 3.05) is 19.6 Å². The SMILES string of the molecule is CCC1CCC2(CC1)NC(=O)N(CC(=O)NCC(C)CN)C2=O.Cl. The van der Waals surface area contributed by atoms with E-state index in [0.29, 0.717) is 31.8 Å². The Kier molecular flexibility index (Phi) is 7.48. The lowest BCUT2D eigenvalue weighted by atomic mass is 9.75. The lowest BCUT2D eigenvalue weighted by Crippen LogP contribution is -2.50. The topological polar surface area (TPSA) is 105 Å². The molecule has 2 fully saturated rings. The van der Waals surface area contributed by atoms with Gasteiger partial charge in [0.15, 0.2) is 0 Å². The molecule has 4 N–H and O–H groups in total. The summed E-state index contributed by atoms with van der Waals surface area (Å²) < 4.78 is 0.